The van der Waals surface area contributed by atoms with Gasteiger partial charge in [0, 0.05) is 11.0 Å². The molecular weight excluding hydrogens is 176 g/mol. The number of rotatable bonds is 5. The van der Waals surface area contributed by atoms with Crippen LogP contribution < -0.4 is 0 Å². The lowest BCUT2D eigenvalue weighted by molar-refractivity contribution is -0.140. The average Bonchev–Trinajstić information content (AvgIpc) is 2.00. The summed E-state index contributed by atoms with van der Waals surface area (Å²) in [5.74, 6) is 0.471. The van der Waals surface area contributed by atoms with Crippen molar-refractivity contribution in [2.45, 2.75) is 31.6 Å². The summed E-state index contributed by atoms with van der Waals surface area (Å²) in [6.07, 6.45) is 0.101. The first kappa shape index (κ1) is 11.8. The Morgan fingerprint density at radius 2 is 2.17 bits per heavy atom. The molecule has 0 aliphatic carbocycles. The first-order chi connectivity index (χ1) is 5.56. The highest BCUT2D eigenvalue weighted by atomic mass is 32.2. The van der Waals surface area contributed by atoms with Gasteiger partial charge >= 0.3 is 5.97 Å². The molecule has 0 aromatic carbocycles. The van der Waals surface area contributed by atoms with E-state index in [1.807, 2.05) is 6.92 Å². The minimum Gasteiger partial charge on any atom is -0.469 e. The Labute approximate surface area is 77.5 Å². The topological polar surface area (TPSA) is 46.5 Å². The number of aliphatic hydroxyl groups excluding tert-OH is 1. The SMILES string of the molecule is COC(=O)CC(C)SCC(C)O. The van der Waals surface area contributed by atoms with Crippen molar-refractivity contribution in [2.24, 2.45) is 0 Å². The van der Waals surface area contributed by atoms with Crippen LogP contribution in [0.25, 0.3) is 0 Å². The van der Waals surface area contributed by atoms with Crippen LogP contribution in [0.2, 0.25) is 0 Å². The second-order valence-electron chi connectivity index (χ2n) is 2.77. The molecule has 0 rings (SSSR count). The van der Waals surface area contributed by atoms with Crippen LogP contribution in [0, 0.1) is 0 Å². The van der Waals surface area contributed by atoms with E-state index in [2.05, 4.69) is 4.74 Å². The average molecular weight is 192 g/mol. The van der Waals surface area contributed by atoms with Crippen molar-refractivity contribution in [1.29, 1.82) is 0 Å². The van der Waals surface area contributed by atoms with Crippen LogP contribution in [0.5, 0.6) is 0 Å². The highest BCUT2D eigenvalue weighted by Gasteiger charge is 2.10. The van der Waals surface area contributed by atoms with Crippen molar-refractivity contribution < 1.29 is 14.6 Å². The standard InChI is InChI=1S/C8H16O3S/c1-6(9)5-12-7(2)4-8(10)11-3/h6-7,9H,4-5H2,1-3H3. The summed E-state index contributed by atoms with van der Waals surface area (Å²) in [5, 5.41) is 9.17. The smallest absolute Gasteiger partial charge is 0.306 e. The maximum Gasteiger partial charge on any atom is 0.306 e. The minimum atomic E-state index is -0.310. The molecule has 72 valence electrons. The van der Waals surface area contributed by atoms with Gasteiger partial charge in [0.25, 0.3) is 0 Å². The summed E-state index contributed by atoms with van der Waals surface area (Å²) in [5.41, 5.74) is 0. The predicted molar refractivity (Wildman–Crippen MR) is 50.2 cm³/mol. The van der Waals surface area contributed by atoms with E-state index in [0.717, 1.165) is 0 Å². The number of esters is 1. The Hall–Kier alpha value is -0.220. The summed E-state index contributed by atoms with van der Waals surface area (Å²) in [4.78, 5) is 10.8. The first-order valence-corrected chi connectivity index (χ1v) is 4.97. The summed E-state index contributed by atoms with van der Waals surface area (Å²) in [7, 11) is 1.38. The van der Waals surface area contributed by atoms with Crippen LogP contribution in [0.1, 0.15) is 20.3 Å². The first-order valence-electron chi connectivity index (χ1n) is 3.92. The molecule has 0 heterocycles. The summed E-state index contributed by atoms with van der Waals surface area (Å²) in [6, 6.07) is 0. The van der Waals surface area contributed by atoms with Crippen molar-refractivity contribution >= 4 is 17.7 Å². The van der Waals surface area contributed by atoms with Crippen molar-refractivity contribution in [1.82, 2.24) is 0 Å². The number of methoxy groups -OCH3 is 1. The third kappa shape index (κ3) is 6.49. The van der Waals surface area contributed by atoms with Crippen molar-refractivity contribution in [2.75, 3.05) is 12.9 Å². The monoisotopic (exact) mass is 192 g/mol. The number of carbonyl (C=O) groups is 1. The van der Waals surface area contributed by atoms with Crippen LogP contribution in [-0.2, 0) is 9.53 Å². The molecular formula is C8H16O3S. The van der Waals surface area contributed by atoms with Gasteiger partial charge in [-0.1, -0.05) is 6.92 Å². The molecule has 0 aliphatic rings. The second kappa shape index (κ2) is 6.31. The van der Waals surface area contributed by atoms with E-state index in [-0.39, 0.29) is 17.3 Å². The zero-order chi connectivity index (χ0) is 9.56. The number of ether oxygens (including phenoxy) is 1. The molecule has 0 radical (unpaired) electrons. The third-order valence-electron chi connectivity index (χ3n) is 1.30. The van der Waals surface area contributed by atoms with Gasteiger partial charge in [0.05, 0.1) is 19.6 Å². The number of hydrogen-bond donors (Lipinski definition) is 1. The maximum atomic E-state index is 10.8. The van der Waals surface area contributed by atoms with Crippen LogP contribution in [0.4, 0.5) is 0 Å². The van der Waals surface area contributed by atoms with Crippen LogP contribution in [0.15, 0.2) is 0 Å². The number of hydrogen-bond acceptors (Lipinski definition) is 4. The number of thioether (sulfide) groups is 1. The predicted octanol–water partition coefficient (Wildman–Crippen LogP) is 1.05. The molecule has 0 saturated heterocycles. The van der Waals surface area contributed by atoms with Gasteiger partial charge in [-0.05, 0) is 6.92 Å². The Morgan fingerprint density at radius 1 is 1.58 bits per heavy atom. The summed E-state index contributed by atoms with van der Waals surface area (Å²) in [6.45, 7) is 3.68. The van der Waals surface area contributed by atoms with Gasteiger partial charge in [0.15, 0.2) is 0 Å². The van der Waals surface area contributed by atoms with Crippen molar-refractivity contribution in [3.8, 4) is 0 Å². The quantitative estimate of drug-likeness (QED) is 0.661. The molecule has 0 bridgehead atoms. The van der Waals surface area contributed by atoms with Gasteiger partial charge in [-0.2, -0.15) is 11.8 Å². The Morgan fingerprint density at radius 3 is 2.58 bits per heavy atom. The lowest BCUT2D eigenvalue weighted by Gasteiger charge is -2.10. The zero-order valence-corrected chi connectivity index (χ0v) is 8.56. The highest BCUT2D eigenvalue weighted by Crippen LogP contribution is 2.15. The molecule has 12 heavy (non-hydrogen) atoms. The molecule has 0 aromatic rings. The number of aliphatic hydroxyl groups is 1. The molecule has 3 nitrogen and oxygen atoms in total. The molecule has 1 N–H and O–H groups in total. The van der Waals surface area contributed by atoms with E-state index in [9.17, 15) is 4.79 Å². The molecule has 2 unspecified atom stereocenters. The lowest BCUT2D eigenvalue weighted by Crippen LogP contribution is -2.12. The second-order valence-corrected chi connectivity index (χ2v) is 4.24. The van der Waals surface area contributed by atoms with Gasteiger partial charge in [-0.25, -0.2) is 0 Å². The van der Waals surface area contributed by atoms with Gasteiger partial charge < -0.3 is 9.84 Å². The van der Waals surface area contributed by atoms with E-state index < -0.39 is 0 Å². The Bertz CT molecular complexity index is 136. The fourth-order valence-corrected chi connectivity index (χ4v) is 1.54. The van der Waals surface area contributed by atoms with Crippen molar-refractivity contribution in [3.05, 3.63) is 0 Å². The summed E-state index contributed by atoms with van der Waals surface area (Å²) < 4.78 is 4.51. The van der Waals surface area contributed by atoms with Crippen LogP contribution in [-0.4, -0.2) is 35.3 Å². The van der Waals surface area contributed by atoms with E-state index in [1.54, 1.807) is 18.7 Å². The fourth-order valence-electron chi connectivity index (χ4n) is 0.680. The zero-order valence-electron chi connectivity index (χ0n) is 7.74. The lowest BCUT2D eigenvalue weighted by atomic mass is 10.3. The normalized spacial score (nSPS) is 15.3. The molecule has 0 aliphatic heterocycles. The molecule has 0 amide bonds. The van der Waals surface area contributed by atoms with Crippen LogP contribution in [0.3, 0.4) is 0 Å². The van der Waals surface area contributed by atoms with E-state index in [0.29, 0.717) is 12.2 Å². The Balaban J connectivity index is 3.45. The molecule has 0 aromatic heterocycles. The Kier molecular flexibility index (Phi) is 6.20. The van der Waals surface area contributed by atoms with Crippen LogP contribution >= 0.6 is 11.8 Å². The molecule has 0 fully saturated rings. The maximum absolute atomic E-state index is 10.8. The largest absolute Gasteiger partial charge is 0.469 e. The highest BCUT2D eigenvalue weighted by molar-refractivity contribution is 7.99. The number of carbonyl (C=O) groups excluding carboxylic acids is 1. The van der Waals surface area contributed by atoms with Gasteiger partial charge in [-0.15, -0.1) is 0 Å². The molecule has 4 heteroatoms. The third-order valence-corrected chi connectivity index (χ3v) is 2.71. The van der Waals surface area contributed by atoms with E-state index in [1.165, 1.54) is 7.11 Å². The molecule has 0 saturated carbocycles. The van der Waals surface area contributed by atoms with Gasteiger partial charge in [0.2, 0.25) is 0 Å². The van der Waals surface area contributed by atoms with Gasteiger partial charge in [-0.3, -0.25) is 4.79 Å². The summed E-state index contributed by atoms with van der Waals surface area (Å²) >= 11 is 1.58. The van der Waals surface area contributed by atoms with Crippen molar-refractivity contribution in [3.63, 3.8) is 0 Å². The van der Waals surface area contributed by atoms with Gasteiger partial charge in [0.1, 0.15) is 0 Å². The van der Waals surface area contributed by atoms with E-state index in [4.69, 9.17) is 5.11 Å². The van der Waals surface area contributed by atoms with E-state index >= 15 is 0 Å². The fraction of sp³-hybridized carbons (Fsp3) is 0.875. The molecule has 0 spiro atoms. The molecule has 2 atom stereocenters. The minimum absolute atomic E-state index is 0.194.